The number of hydrogen-bond acceptors (Lipinski definition) is 2. The zero-order valence-corrected chi connectivity index (χ0v) is 10.3. The van der Waals surface area contributed by atoms with E-state index in [1.165, 1.54) is 12.8 Å². The summed E-state index contributed by atoms with van der Waals surface area (Å²) >= 11 is 0. The zero-order valence-electron chi connectivity index (χ0n) is 10.3. The first kappa shape index (κ1) is 12.1. The SMILES string of the molecule is CC(N)(C(=O)NC1CCCC1)c1ccccc1. The van der Waals surface area contributed by atoms with E-state index in [2.05, 4.69) is 5.32 Å². The molecule has 1 aliphatic rings. The summed E-state index contributed by atoms with van der Waals surface area (Å²) in [5.41, 5.74) is 6.06. The van der Waals surface area contributed by atoms with Gasteiger partial charge in [-0.1, -0.05) is 43.2 Å². The smallest absolute Gasteiger partial charge is 0.244 e. The normalized spacial score (nSPS) is 19.9. The summed E-state index contributed by atoms with van der Waals surface area (Å²) < 4.78 is 0. The van der Waals surface area contributed by atoms with Crippen LogP contribution in [0.2, 0.25) is 0 Å². The van der Waals surface area contributed by atoms with E-state index in [0.717, 1.165) is 18.4 Å². The Hall–Kier alpha value is -1.35. The fourth-order valence-corrected chi connectivity index (χ4v) is 2.32. The molecule has 1 amide bonds. The molecule has 1 aromatic rings. The van der Waals surface area contributed by atoms with Crippen LogP contribution in [0.3, 0.4) is 0 Å². The van der Waals surface area contributed by atoms with Crippen LogP contribution in [0.5, 0.6) is 0 Å². The van der Waals surface area contributed by atoms with Crippen LogP contribution in [0.25, 0.3) is 0 Å². The van der Waals surface area contributed by atoms with Crippen molar-refractivity contribution < 1.29 is 4.79 Å². The van der Waals surface area contributed by atoms with E-state index in [1.807, 2.05) is 30.3 Å². The number of benzene rings is 1. The lowest BCUT2D eigenvalue weighted by atomic mass is 9.92. The second kappa shape index (κ2) is 4.88. The highest BCUT2D eigenvalue weighted by Crippen LogP contribution is 2.21. The summed E-state index contributed by atoms with van der Waals surface area (Å²) in [6, 6.07) is 9.85. The molecule has 0 heterocycles. The Morgan fingerprint density at radius 1 is 1.29 bits per heavy atom. The number of carbonyl (C=O) groups is 1. The van der Waals surface area contributed by atoms with E-state index in [1.54, 1.807) is 6.92 Å². The third kappa shape index (κ3) is 2.67. The molecule has 3 N–H and O–H groups in total. The molecule has 2 rings (SSSR count). The first-order valence-electron chi connectivity index (χ1n) is 6.26. The molecule has 3 nitrogen and oxygen atoms in total. The lowest BCUT2D eigenvalue weighted by Crippen LogP contribution is -2.51. The predicted octanol–water partition coefficient (Wildman–Crippen LogP) is 1.92. The summed E-state index contributed by atoms with van der Waals surface area (Å²) in [6.07, 6.45) is 4.57. The van der Waals surface area contributed by atoms with Crippen molar-refractivity contribution in [1.82, 2.24) is 5.32 Å². The van der Waals surface area contributed by atoms with E-state index >= 15 is 0 Å². The van der Waals surface area contributed by atoms with E-state index in [0.29, 0.717) is 6.04 Å². The molecule has 1 aromatic carbocycles. The Morgan fingerprint density at radius 2 is 1.88 bits per heavy atom. The quantitative estimate of drug-likeness (QED) is 0.836. The molecule has 1 atom stereocenters. The van der Waals surface area contributed by atoms with Gasteiger partial charge in [0.15, 0.2) is 0 Å². The highest BCUT2D eigenvalue weighted by atomic mass is 16.2. The number of nitrogens with two attached hydrogens (primary N) is 1. The van der Waals surface area contributed by atoms with Crippen molar-refractivity contribution >= 4 is 5.91 Å². The van der Waals surface area contributed by atoms with Crippen LogP contribution in [0.15, 0.2) is 30.3 Å². The lowest BCUT2D eigenvalue weighted by molar-refractivity contribution is -0.126. The third-order valence-electron chi connectivity index (χ3n) is 3.54. The minimum absolute atomic E-state index is 0.0735. The van der Waals surface area contributed by atoms with Crippen LogP contribution in [0, 0.1) is 0 Å². The monoisotopic (exact) mass is 232 g/mol. The second-order valence-electron chi connectivity index (χ2n) is 5.02. The second-order valence-corrected chi connectivity index (χ2v) is 5.02. The molecule has 0 bridgehead atoms. The molecule has 0 saturated heterocycles. The lowest BCUT2D eigenvalue weighted by Gasteiger charge is -2.26. The Balaban J connectivity index is 2.06. The summed E-state index contributed by atoms with van der Waals surface area (Å²) in [7, 11) is 0. The molecule has 0 radical (unpaired) electrons. The van der Waals surface area contributed by atoms with Crippen LogP contribution in [-0.4, -0.2) is 11.9 Å². The van der Waals surface area contributed by atoms with Gasteiger partial charge in [0.25, 0.3) is 0 Å². The molecule has 92 valence electrons. The minimum atomic E-state index is -0.941. The molecule has 3 heteroatoms. The number of hydrogen-bond donors (Lipinski definition) is 2. The molecular formula is C14H20N2O. The number of carbonyl (C=O) groups excluding carboxylic acids is 1. The van der Waals surface area contributed by atoms with Gasteiger partial charge in [-0.2, -0.15) is 0 Å². The molecule has 1 fully saturated rings. The highest BCUT2D eigenvalue weighted by molar-refractivity contribution is 5.87. The zero-order chi connectivity index (χ0) is 12.3. The van der Waals surface area contributed by atoms with Gasteiger partial charge < -0.3 is 11.1 Å². The number of rotatable bonds is 3. The van der Waals surface area contributed by atoms with Gasteiger partial charge in [0, 0.05) is 6.04 Å². The van der Waals surface area contributed by atoms with Crippen molar-refractivity contribution in [3.8, 4) is 0 Å². The Kier molecular flexibility index (Phi) is 3.48. The Bertz CT molecular complexity index is 380. The fraction of sp³-hybridized carbons (Fsp3) is 0.500. The molecule has 0 spiro atoms. The van der Waals surface area contributed by atoms with Crippen LogP contribution in [0.1, 0.15) is 38.2 Å². The standard InChI is InChI=1S/C14H20N2O/c1-14(15,11-7-3-2-4-8-11)13(17)16-12-9-5-6-10-12/h2-4,7-8,12H,5-6,9-10,15H2,1H3,(H,16,17). The molecule has 0 aliphatic heterocycles. The maximum Gasteiger partial charge on any atom is 0.244 e. The van der Waals surface area contributed by atoms with E-state index in [9.17, 15) is 4.79 Å². The summed E-state index contributed by atoms with van der Waals surface area (Å²) in [4.78, 5) is 12.2. The van der Waals surface area contributed by atoms with Gasteiger partial charge >= 0.3 is 0 Å². The summed E-state index contributed by atoms with van der Waals surface area (Å²) in [5, 5.41) is 3.05. The Morgan fingerprint density at radius 3 is 2.47 bits per heavy atom. The van der Waals surface area contributed by atoms with Crippen molar-refractivity contribution in [1.29, 1.82) is 0 Å². The maximum atomic E-state index is 12.2. The molecular weight excluding hydrogens is 212 g/mol. The van der Waals surface area contributed by atoms with Crippen molar-refractivity contribution in [3.63, 3.8) is 0 Å². The largest absolute Gasteiger partial charge is 0.351 e. The first-order chi connectivity index (χ1) is 8.10. The van der Waals surface area contributed by atoms with Crippen molar-refractivity contribution in [3.05, 3.63) is 35.9 Å². The van der Waals surface area contributed by atoms with Crippen molar-refractivity contribution in [2.75, 3.05) is 0 Å². The average molecular weight is 232 g/mol. The van der Waals surface area contributed by atoms with Crippen LogP contribution in [0.4, 0.5) is 0 Å². The van der Waals surface area contributed by atoms with Crippen LogP contribution >= 0.6 is 0 Å². The van der Waals surface area contributed by atoms with Gasteiger partial charge in [0.1, 0.15) is 5.54 Å². The number of amides is 1. The topological polar surface area (TPSA) is 55.1 Å². The maximum absolute atomic E-state index is 12.2. The van der Waals surface area contributed by atoms with Gasteiger partial charge in [-0.25, -0.2) is 0 Å². The molecule has 1 saturated carbocycles. The minimum Gasteiger partial charge on any atom is -0.351 e. The Labute approximate surface area is 102 Å². The van der Waals surface area contributed by atoms with Gasteiger partial charge in [-0.3, -0.25) is 4.79 Å². The average Bonchev–Trinajstić information content (AvgIpc) is 2.83. The summed E-state index contributed by atoms with van der Waals surface area (Å²) in [6.45, 7) is 1.77. The third-order valence-corrected chi connectivity index (χ3v) is 3.54. The van der Waals surface area contributed by atoms with Crippen molar-refractivity contribution in [2.24, 2.45) is 5.73 Å². The van der Waals surface area contributed by atoms with Gasteiger partial charge in [-0.05, 0) is 25.3 Å². The van der Waals surface area contributed by atoms with Gasteiger partial charge in [-0.15, -0.1) is 0 Å². The van der Waals surface area contributed by atoms with Crippen LogP contribution in [-0.2, 0) is 10.3 Å². The van der Waals surface area contributed by atoms with Gasteiger partial charge in [0.05, 0.1) is 0 Å². The molecule has 0 aromatic heterocycles. The molecule has 1 aliphatic carbocycles. The van der Waals surface area contributed by atoms with Gasteiger partial charge in [0.2, 0.25) is 5.91 Å². The first-order valence-corrected chi connectivity index (χ1v) is 6.26. The molecule has 1 unspecified atom stereocenters. The predicted molar refractivity (Wildman–Crippen MR) is 68.4 cm³/mol. The van der Waals surface area contributed by atoms with Crippen LogP contribution < -0.4 is 11.1 Å². The van der Waals surface area contributed by atoms with E-state index < -0.39 is 5.54 Å². The highest BCUT2D eigenvalue weighted by Gasteiger charge is 2.32. The van der Waals surface area contributed by atoms with E-state index in [-0.39, 0.29) is 5.91 Å². The summed E-state index contributed by atoms with van der Waals surface area (Å²) in [5.74, 6) is -0.0735. The van der Waals surface area contributed by atoms with E-state index in [4.69, 9.17) is 5.73 Å². The fourth-order valence-electron chi connectivity index (χ4n) is 2.32. The number of nitrogens with one attached hydrogen (secondary N) is 1. The molecule has 17 heavy (non-hydrogen) atoms. The van der Waals surface area contributed by atoms with Crippen molar-refractivity contribution in [2.45, 2.75) is 44.2 Å².